The molecule has 1 aliphatic heterocycles. The number of hydrogen-bond donors (Lipinski definition) is 1. The molecular formula is C14H29NO2. The van der Waals surface area contributed by atoms with Crippen molar-refractivity contribution in [1.82, 2.24) is 4.90 Å². The van der Waals surface area contributed by atoms with Gasteiger partial charge in [-0.3, -0.25) is 4.90 Å². The van der Waals surface area contributed by atoms with Gasteiger partial charge < -0.3 is 9.84 Å². The summed E-state index contributed by atoms with van der Waals surface area (Å²) in [6, 6.07) is 0. The molecule has 0 spiro atoms. The van der Waals surface area contributed by atoms with Crippen molar-refractivity contribution in [2.75, 3.05) is 39.5 Å². The molecule has 1 heterocycles. The van der Waals surface area contributed by atoms with E-state index in [1.807, 2.05) is 0 Å². The van der Waals surface area contributed by atoms with Gasteiger partial charge in [-0.15, -0.1) is 0 Å². The van der Waals surface area contributed by atoms with E-state index in [2.05, 4.69) is 11.8 Å². The molecule has 1 aliphatic rings. The Hall–Kier alpha value is -0.120. The van der Waals surface area contributed by atoms with Gasteiger partial charge in [-0.05, 0) is 25.3 Å². The maximum Gasteiger partial charge on any atom is 0.0594 e. The Morgan fingerprint density at radius 1 is 1.12 bits per heavy atom. The largest absolute Gasteiger partial charge is 0.396 e. The van der Waals surface area contributed by atoms with Crippen LogP contribution in [0.15, 0.2) is 0 Å². The Balaban J connectivity index is 2.00. The lowest BCUT2D eigenvalue weighted by atomic mass is 9.94. The Morgan fingerprint density at radius 2 is 1.88 bits per heavy atom. The first-order valence-corrected chi connectivity index (χ1v) is 7.27. The van der Waals surface area contributed by atoms with Crippen molar-refractivity contribution < 1.29 is 9.84 Å². The number of aliphatic hydroxyl groups is 1. The predicted octanol–water partition coefficient (Wildman–Crippen LogP) is 2.29. The third-order valence-electron chi connectivity index (χ3n) is 3.67. The van der Waals surface area contributed by atoms with E-state index in [1.54, 1.807) is 0 Å². The molecule has 102 valence electrons. The van der Waals surface area contributed by atoms with Gasteiger partial charge in [0.05, 0.1) is 13.2 Å². The van der Waals surface area contributed by atoms with Crippen molar-refractivity contribution in [2.45, 2.75) is 45.4 Å². The number of rotatable bonds is 9. The quantitative estimate of drug-likeness (QED) is 0.631. The van der Waals surface area contributed by atoms with Gasteiger partial charge in [-0.1, -0.05) is 32.6 Å². The summed E-state index contributed by atoms with van der Waals surface area (Å²) in [5, 5.41) is 9.00. The maximum atomic E-state index is 9.00. The highest BCUT2D eigenvalue weighted by atomic mass is 16.5. The second kappa shape index (κ2) is 9.86. The molecule has 1 saturated heterocycles. The van der Waals surface area contributed by atoms with Gasteiger partial charge in [0.1, 0.15) is 0 Å². The molecule has 1 atom stereocenters. The fourth-order valence-electron chi connectivity index (χ4n) is 2.62. The smallest absolute Gasteiger partial charge is 0.0594 e. The molecule has 0 radical (unpaired) electrons. The van der Waals surface area contributed by atoms with Crippen molar-refractivity contribution in [3.8, 4) is 0 Å². The summed E-state index contributed by atoms with van der Waals surface area (Å²) < 4.78 is 5.34. The number of nitrogens with zero attached hydrogens (tertiary/aromatic N) is 1. The van der Waals surface area contributed by atoms with E-state index < -0.39 is 0 Å². The Bertz CT molecular complexity index is 164. The van der Waals surface area contributed by atoms with Crippen LogP contribution in [0.5, 0.6) is 0 Å². The van der Waals surface area contributed by atoms with Crippen molar-refractivity contribution in [3.63, 3.8) is 0 Å². The maximum absolute atomic E-state index is 9.00. The molecule has 0 amide bonds. The molecule has 0 aliphatic carbocycles. The molecule has 3 heteroatoms. The predicted molar refractivity (Wildman–Crippen MR) is 71.2 cm³/mol. The van der Waals surface area contributed by atoms with E-state index >= 15 is 0 Å². The Kier molecular flexibility index (Phi) is 8.67. The van der Waals surface area contributed by atoms with Crippen molar-refractivity contribution in [3.05, 3.63) is 0 Å². The summed E-state index contributed by atoms with van der Waals surface area (Å²) in [6.45, 7) is 7.84. The van der Waals surface area contributed by atoms with E-state index in [0.29, 0.717) is 6.61 Å². The Labute approximate surface area is 106 Å². The summed E-state index contributed by atoms with van der Waals surface area (Å²) in [4.78, 5) is 2.50. The number of hydrogen-bond acceptors (Lipinski definition) is 3. The highest BCUT2D eigenvalue weighted by molar-refractivity contribution is 4.63. The highest BCUT2D eigenvalue weighted by Gasteiger charge is 2.10. The van der Waals surface area contributed by atoms with Crippen LogP contribution in [0.4, 0.5) is 0 Å². The summed E-state index contributed by atoms with van der Waals surface area (Å²) >= 11 is 0. The van der Waals surface area contributed by atoms with Crippen LogP contribution in [-0.4, -0.2) is 49.5 Å². The van der Waals surface area contributed by atoms with Gasteiger partial charge in [0.2, 0.25) is 0 Å². The number of ether oxygens (including phenoxy) is 1. The van der Waals surface area contributed by atoms with Gasteiger partial charge >= 0.3 is 0 Å². The van der Waals surface area contributed by atoms with E-state index in [-0.39, 0.29) is 0 Å². The van der Waals surface area contributed by atoms with Crippen molar-refractivity contribution in [2.24, 2.45) is 5.92 Å². The SMILES string of the molecule is CCC[C@@H](CCO)CCCCN1CCOCC1. The number of aliphatic hydroxyl groups excluding tert-OH is 1. The van der Waals surface area contributed by atoms with Crippen LogP contribution in [0.1, 0.15) is 45.4 Å². The van der Waals surface area contributed by atoms with Gasteiger partial charge in [-0.25, -0.2) is 0 Å². The van der Waals surface area contributed by atoms with Gasteiger partial charge in [-0.2, -0.15) is 0 Å². The van der Waals surface area contributed by atoms with E-state index in [4.69, 9.17) is 9.84 Å². The van der Waals surface area contributed by atoms with Gasteiger partial charge in [0.25, 0.3) is 0 Å². The minimum atomic E-state index is 0.355. The molecular weight excluding hydrogens is 214 g/mol. The molecule has 0 unspecified atom stereocenters. The van der Waals surface area contributed by atoms with Crippen molar-refractivity contribution in [1.29, 1.82) is 0 Å². The van der Waals surface area contributed by atoms with Crippen LogP contribution in [0.3, 0.4) is 0 Å². The van der Waals surface area contributed by atoms with Crippen molar-refractivity contribution >= 4 is 0 Å². The van der Waals surface area contributed by atoms with Gasteiger partial charge in [0, 0.05) is 19.7 Å². The highest BCUT2D eigenvalue weighted by Crippen LogP contribution is 2.18. The topological polar surface area (TPSA) is 32.7 Å². The monoisotopic (exact) mass is 243 g/mol. The minimum Gasteiger partial charge on any atom is -0.396 e. The van der Waals surface area contributed by atoms with E-state index in [1.165, 1.54) is 38.6 Å². The van der Waals surface area contributed by atoms with Crippen LogP contribution in [0.2, 0.25) is 0 Å². The average Bonchev–Trinajstić information content (AvgIpc) is 2.36. The molecule has 1 fully saturated rings. The second-order valence-corrected chi connectivity index (χ2v) is 5.12. The molecule has 0 aromatic carbocycles. The molecule has 17 heavy (non-hydrogen) atoms. The fraction of sp³-hybridized carbons (Fsp3) is 1.00. The lowest BCUT2D eigenvalue weighted by molar-refractivity contribution is 0.0369. The molecule has 0 aromatic heterocycles. The zero-order chi connectivity index (χ0) is 12.3. The summed E-state index contributed by atoms with van der Waals surface area (Å²) in [6.07, 6.45) is 7.41. The van der Waals surface area contributed by atoms with Gasteiger partial charge in [0.15, 0.2) is 0 Å². The molecule has 3 nitrogen and oxygen atoms in total. The third kappa shape index (κ3) is 7.02. The molecule has 0 saturated carbocycles. The first-order valence-electron chi connectivity index (χ1n) is 7.27. The third-order valence-corrected chi connectivity index (χ3v) is 3.67. The number of morpholine rings is 1. The van der Waals surface area contributed by atoms with Crippen LogP contribution in [-0.2, 0) is 4.74 Å². The minimum absolute atomic E-state index is 0.355. The Morgan fingerprint density at radius 3 is 2.53 bits per heavy atom. The van der Waals surface area contributed by atoms with E-state index in [0.717, 1.165) is 38.6 Å². The van der Waals surface area contributed by atoms with E-state index in [9.17, 15) is 0 Å². The summed E-state index contributed by atoms with van der Waals surface area (Å²) in [7, 11) is 0. The zero-order valence-corrected chi connectivity index (χ0v) is 11.4. The lowest BCUT2D eigenvalue weighted by Gasteiger charge is -2.26. The molecule has 0 bridgehead atoms. The van der Waals surface area contributed by atoms with Crippen LogP contribution >= 0.6 is 0 Å². The fourth-order valence-corrected chi connectivity index (χ4v) is 2.62. The summed E-state index contributed by atoms with van der Waals surface area (Å²) in [5.74, 6) is 0.745. The normalized spacial score (nSPS) is 19.4. The second-order valence-electron chi connectivity index (χ2n) is 5.12. The summed E-state index contributed by atoms with van der Waals surface area (Å²) in [5.41, 5.74) is 0. The standard InChI is InChI=1S/C14H29NO2/c1-2-5-14(7-11-16)6-3-4-8-15-9-12-17-13-10-15/h14,16H,2-13H2,1H3/t14-/m1/s1. The van der Waals surface area contributed by atoms with Crippen LogP contribution in [0.25, 0.3) is 0 Å². The molecule has 1 rings (SSSR count). The van der Waals surface area contributed by atoms with Crippen LogP contribution in [0, 0.1) is 5.92 Å². The first kappa shape index (κ1) is 14.9. The molecule has 1 N–H and O–H groups in total. The first-order chi connectivity index (χ1) is 8.36. The number of unbranched alkanes of at least 4 members (excludes halogenated alkanes) is 1. The lowest BCUT2D eigenvalue weighted by Crippen LogP contribution is -2.36. The zero-order valence-electron chi connectivity index (χ0n) is 11.4. The average molecular weight is 243 g/mol. The molecule has 0 aromatic rings. The van der Waals surface area contributed by atoms with Crippen LogP contribution < -0.4 is 0 Å².